The van der Waals surface area contributed by atoms with Gasteiger partial charge in [0.15, 0.2) is 0 Å². The highest BCUT2D eigenvalue weighted by Crippen LogP contribution is 2.49. The fourth-order valence-corrected chi connectivity index (χ4v) is 5.79. The molecule has 2 atom stereocenters. The van der Waals surface area contributed by atoms with Crippen molar-refractivity contribution in [2.24, 2.45) is 0 Å². The minimum absolute atomic E-state index is 0.0572. The summed E-state index contributed by atoms with van der Waals surface area (Å²) in [6.07, 6.45) is 0.0382. The third kappa shape index (κ3) is 5.71. The van der Waals surface area contributed by atoms with Gasteiger partial charge in [0.05, 0.1) is 35.7 Å². The van der Waals surface area contributed by atoms with E-state index >= 15 is 0 Å². The molecule has 0 radical (unpaired) electrons. The largest absolute Gasteiger partial charge is 0.465 e. The van der Waals surface area contributed by atoms with Crippen LogP contribution in [0.4, 0.5) is 8.78 Å². The number of imidazole rings is 1. The summed E-state index contributed by atoms with van der Waals surface area (Å²) in [5, 5.41) is 0.417. The third-order valence-corrected chi connectivity index (χ3v) is 7.10. The van der Waals surface area contributed by atoms with Crippen molar-refractivity contribution >= 4 is 50.5 Å². The van der Waals surface area contributed by atoms with Gasteiger partial charge in [0.1, 0.15) is 17.7 Å². The molecule has 2 aromatic carbocycles. The Hall–Kier alpha value is -2.41. The Kier molecular flexibility index (Phi) is 7.55. The normalized spacial score (nSPS) is 17.7. The van der Waals surface area contributed by atoms with E-state index in [2.05, 4.69) is 4.98 Å². The molecule has 0 amide bonds. The molecular formula is C22H21ClF2N2O6S2. The summed E-state index contributed by atoms with van der Waals surface area (Å²) >= 11 is 7.32. The molecule has 0 bridgehead atoms. The van der Waals surface area contributed by atoms with Crippen LogP contribution in [0.15, 0.2) is 41.3 Å². The second kappa shape index (κ2) is 10.3. The maximum atomic E-state index is 13.3. The first-order valence-corrected chi connectivity index (χ1v) is 13.7. The zero-order valence-corrected chi connectivity index (χ0v) is 21.0. The SMILES string of the molecule is CCOC(=O)CSc1cccc(OC(F)F)c1[C@H]1C[C@@H](OS(C)(=O)=O)c2nc3ccc(Cl)cc3n21. The monoisotopic (exact) mass is 546 g/mol. The van der Waals surface area contributed by atoms with Crippen molar-refractivity contribution in [1.29, 1.82) is 0 Å². The van der Waals surface area contributed by atoms with Crippen LogP contribution < -0.4 is 4.74 Å². The number of ether oxygens (including phenoxy) is 2. The molecule has 0 spiro atoms. The zero-order chi connectivity index (χ0) is 25.3. The maximum absolute atomic E-state index is 13.3. The molecule has 3 aromatic rings. The molecule has 0 saturated heterocycles. The van der Waals surface area contributed by atoms with Crippen LogP contribution in [0.2, 0.25) is 5.02 Å². The quantitative estimate of drug-likeness (QED) is 0.211. The van der Waals surface area contributed by atoms with Crippen molar-refractivity contribution in [3.05, 3.63) is 52.8 Å². The molecule has 4 rings (SSSR count). The van der Waals surface area contributed by atoms with Crippen molar-refractivity contribution < 1.29 is 35.6 Å². The van der Waals surface area contributed by atoms with Crippen molar-refractivity contribution in [1.82, 2.24) is 9.55 Å². The van der Waals surface area contributed by atoms with Gasteiger partial charge in [0, 0.05) is 21.9 Å². The summed E-state index contributed by atoms with van der Waals surface area (Å²) in [7, 11) is -3.87. The van der Waals surface area contributed by atoms with Gasteiger partial charge < -0.3 is 14.0 Å². The fourth-order valence-electron chi connectivity index (χ4n) is 4.11. The number of alkyl halides is 2. The second-order valence-electron chi connectivity index (χ2n) is 7.65. The molecule has 35 heavy (non-hydrogen) atoms. The highest BCUT2D eigenvalue weighted by molar-refractivity contribution is 8.00. The lowest BCUT2D eigenvalue weighted by atomic mass is 10.0. The summed E-state index contributed by atoms with van der Waals surface area (Å²) in [4.78, 5) is 17.0. The number of thioether (sulfide) groups is 1. The second-order valence-corrected chi connectivity index (χ2v) is 10.7. The van der Waals surface area contributed by atoms with Gasteiger partial charge >= 0.3 is 12.6 Å². The molecule has 1 aliphatic heterocycles. The molecule has 0 aliphatic carbocycles. The van der Waals surface area contributed by atoms with Crippen LogP contribution in [0.25, 0.3) is 11.0 Å². The Morgan fingerprint density at radius 2 is 2.09 bits per heavy atom. The Morgan fingerprint density at radius 3 is 2.77 bits per heavy atom. The number of fused-ring (bicyclic) bond motifs is 3. The van der Waals surface area contributed by atoms with E-state index in [1.807, 2.05) is 0 Å². The number of carbonyl (C=O) groups is 1. The molecule has 1 aromatic heterocycles. The van der Waals surface area contributed by atoms with E-state index in [0.717, 1.165) is 18.0 Å². The van der Waals surface area contributed by atoms with Crippen LogP contribution in [0, 0.1) is 0 Å². The van der Waals surface area contributed by atoms with E-state index in [1.54, 1.807) is 35.8 Å². The number of benzene rings is 2. The van der Waals surface area contributed by atoms with E-state index in [1.165, 1.54) is 12.1 Å². The Bertz CT molecular complexity index is 1370. The van der Waals surface area contributed by atoms with E-state index in [-0.39, 0.29) is 24.5 Å². The first kappa shape index (κ1) is 25.7. The minimum atomic E-state index is -3.87. The van der Waals surface area contributed by atoms with Crippen molar-refractivity contribution in [3.8, 4) is 5.75 Å². The smallest absolute Gasteiger partial charge is 0.387 e. The number of esters is 1. The van der Waals surface area contributed by atoms with Gasteiger partial charge in [0.25, 0.3) is 10.1 Å². The van der Waals surface area contributed by atoms with Gasteiger partial charge in [0.2, 0.25) is 0 Å². The van der Waals surface area contributed by atoms with Crippen LogP contribution in [0.3, 0.4) is 0 Å². The molecule has 1 aliphatic rings. The van der Waals surface area contributed by atoms with Gasteiger partial charge in [-0.05, 0) is 37.3 Å². The highest BCUT2D eigenvalue weighted by atomic mass is 35.5. The lowest BCUT2D eigenvalue weighted by molar-refractivity contribution is -0.139. The van der Waals surface area contributed by atoms with Crippen molar-refractivity contribution in [2.75, 3.05) is 18.6 Å². The highest BCUT2D eigenvalue weighted by Gasteiger charge is 2.40. The Labute approximate surface area is 209 Å². The molecule has 0 fully saturated rings. The average Bonchev–Trinajstić information content (AvgIpc) is 3.29. The number of rotatable bonds is 9. The first-order valence-electron chi connectivity index (χ1n) is 10.5. The Morgan fingerprint density at radius 1 is 1.31 bits per heavy atom. The standard InChI is InChI=1S/C22H21ClF2N2O6S2/c1-3-31-19(28)11-34-18-6-4-5-16(32-22(24)25)20(18)15-10-17(33-35(2,29)30)21-26-13-8-7-12(23)9-14(13)27(15)21/h4-9,15,17,22H,3,10-11H2,1-2H3/t15-,17-/m1/s1. The maximum Gasteiger partial charge on any atom is 0.387 e. The lowest BCUT2D eigenvalue weighted by Gasteiger charge is -2.22. The van der Waals surface area contributed by atoms with Crippen LogP contribution in [0.5, 0.6) is 5.75 Å². The minimum Gasteiger partial charge on any atom is -0.465 e. The number of hydrogen-bond acceptors (Lipinski definition) is 8. The van der Waals surface area contributed by atoms with Crippen LogP contribution in [-0.4, -0.2) is 49.2 Å². The zero-order valence-electron chi connectivity index (χ0n) is 18.6. The van der Waals surface area contributed by atoms with E-state index in [4.69, 9.17) is 25.3 Å². The molecule has 13 heteroatoms. The van der Waals surface area contributed by atoms with Crippen molar-refractivity contribution in [3.63, 3.8) is 0 Å². The summed E-state index contributed by atoms with van der Waals surface area (Å²) in [5.41, 5.74) is 1.46. The molecule has 2 heterocycles. The van der Waals surface area contributed by atoms with Gasteiger partial charge in [-0.15, -0.1) is 11.8 Å². The van der Waals surface area contributed by atoms with E-state index < -0.39 is 34.8 Å². The average molecular weight is 547 g/mol. The number of hydrogen-bond donors (Lipinski definition) is 0. The predicted molar refractivity (Wildman–Crippen MR) is 127 cm³/mol. The number of halogens is 3. The number of carbonyl (C=O) groups excluding carboxylic acids is 1. The van der Waals surface area contributed by atoms with Gasteiger partial charge in [-0.25, -0.2) is 4.98 Å². The predicted octanol–water partition coefficient (Wildman–Crippen LogP) is 4.96. The first-order chi connectivity index (χ1) is 16.6. The topological polar surface area (TPSA) is 96.7 Å². The van der Waals surface area contributed by atoms with E-state index in [9.17, 15) is 22.0 Å². The van der Waals surface area contributed by atoms with Gasteiger partial charge in [-0.2, -0.15) is 17.2 Å². The number of aromatic nitrogens is 2. The molecule has 0 saturated carbocycles. The lowest BCUT2D eigenvalue weighted by Crippen LogP contribution is -2.13. The number of nitrogens with zero attached hydrogens (tertiary/aromatic N) is 2. The molecule has 8 nitrogen and oxygen atoms in total. The van der Waals surface area contributed by atoms with Crippen LogP contribution in [0.1, 0.15) is 36.9 Å². The Balaban J connectivity index is 1.87. The van der Waals surface area contributed by atoms with Gasteiger partial charge in [-0.1, -0.05) is 17.7 Å². The molecule has 188 valence electrons. The van der Waals surface area contributed by atoms with Gasteiger partial charge in [-0.3, -0.25) is 8.98 Å². The summed E-state index contributed by atoms with van der Waals surface area (Å²) < 4.78 is 67.5. The van der Waals surface area contributed by atoms with Crippen LogP contribution >= 0.6 is 23.4 Å². The third-order valence-electron chi connectivity index (χ3n) is 5.23. The molecule has 0 N–H and O–H groups in total. The van der Waals surface area contributed by atoms with Crippen molar-refractivity contribution in [2.45, 2.75) is 37.0 Å². The summed E-state index contributed by atoms with van der Waals surface area (Å²) in [5.74, 6) is -0.313. The molecule has 0 unspecified atom stereocenters. The molecular weight excluding hydrogens is 526 g/mol. The van der Waals surface area contributed by atoms with Crippen LogP contribution in [-0.2, 0) is 23.8 Å². The summed E-state index contributed by atoms with van der Waals surface area (Å²) in [6, 6.07) is 8.89. The van der Waals surface area contributed by atoms with E-state index in [0.29, 0.717) is 32.3 Å². The fraction of sp³-hybridized carbons (Fsp3) is 0.364. The summed E-state index contributed by atoms with van der Waals surface area (Å²) in [6.45, 7) is -1.21.